The summed E-state index contributed by atoms with van der Waals surface area (Å²) in [5.41, 5.74) is 11.4. The van der Waals surface area contributed by atoms with Crippen LogP contribution in [-0.2, 0) is 0 Å². The van der Waals surface area contributed by atoms with E-state index in [4.69, 9.17) is 11.5 Å². The maximum absolute atomic E-state index is 13.1. The lowest BCUT2D eigenvalue weighted by molar-refractivity contribution is 0.100. The van der Waals surface area contributed by atoms with Crippen LogP contribution in [0, 0.1) is 17.5 Å². The quantitative estimate of drug-likeness (QED) is 0.597. The van der Waals surface area contributed by atoms with Crippen LogP contribution in [0.5, 0.6) is 0 Å². The molecule has 2 rings (SSSR count). The van der Waals surface area contributed by atoms with E-state index < -0.39 is 23.4 Å². The van der Waals surface area contributed by atoms with E-state index in [-0.39, 0.29) is 22.6 Å². The van der Waals surface area contributed by atoms with Crippen molar-refractivity contribution in [2.24, 2.45) is 5.73 Å². The van der Waals surface area contributed by atoms with Gasteiger partial charge in [-0.1, -0.05) is 0 Å². The molecule has 0 heterocycles. The van der Waals surface area contributed by atoms with Gasteiger partial charge in [-0.25, -0.2) is 13.2 Å². The highest BCUT2D eigenvalue weighted by atomic mass is 19.2. The molecular formula is C13H10F3N3O. The Morgan fingerprint density at radius 1 is 1.05 bits per heavy atom. The van der Waals surface area contributed by atoms with Gasteiger partial charge in [0, 0.05) is 23.4 Å². The third-order valence-electron chi connectivity index (χ3n) is 2.60. The van der Waals surface area contributed by atoms with Crippen LogP contribution in [-0.4, -0.2) is 5.91 Å². The first-order valence-corrected chi connectivity index (χ1v) is 5.49. The van der Waals surface area contributed by atoms with Gasteiger partial charge in [-0.15, -0.1) is 0 Å². The summed E-state index contributed by atoms with van der Waals surface area (Å²) < 4.78 is 39.0. The molecule has 2 aromatic rings. The molecule has 7 heteroatoms. The summed E-state index contributed by atoms with van der Waals surface area (Å²) in [5, 5.41) is 2.60. The standard InChI is InChI=1S/C13H10F3N3O/c14-8-4-7(5-9(15)12(8)16)19-11-3-6(13(18)20)1-2-10(11)17/h1-5,19H,17H2,(H2,18,20). The number of primary amides is 1. The van der Waals surface area contributed by atoms with E-state index in [9.17, 15) is 18.0 Å². The molecule has 0 saturated heterocycles. The van der Waals surface area contributed by atoms with Gasteiger partial charge in [0.05, 0.1) is 11.4 Å². The van der Waals surface area contributed by atoms with E-state index >= 15 is 0 Å². The second-order valence-electron chi connectivity index (χ2n) is 4.05. The number of amides is 1. The molecule has 5 N–H and O–H groups in total. The van der Waals surface area contributed by atoms with E-state index in [1.165, 1.54) is 18.2 Å². The monoisotopic (exact) mass is 281 g/mol. The predicted octanol–water partition coefficient (Wildman–Crippen LogP) is 2.53. The van der Waals surface area contributed by atoms with E-state index in [0.717, 1.165) is 12.1 Å². The van der Waals surface area contributed by atoms with E-state index in [1.54, 1.807) is 0 Å². The molecule has 0 aliphatic heterocycles. The highest BCUT2D eigenvalue weighted by Crippen LogP contribution is 2.26. The molecule has 20 heavy (non-hydrogen) atoms. The Morgan fingerprint density at radius 3 is 2.20 bits per heavy atom. The Balaban J connectivity index is 2.39. The summed E-state index contributed by atoms with van der Waals surface area (Å²) in [7, 11) is 0. The molecule has 2 aromatic carbocycles. The molecule has 4 nitrogen and oxygen atoms in total. The summed E-state index contributed by atoms with van der Waals surface area (Å²) in [5.74, 6) is -4.91. The van der Waals surface area contributed by atoms with Crippen molar-refractivity contribution in [1.29, 1.82) is 0 Å². The molecule has 0 aromatic heterocycles. The highest BCUT2D eigenvalue weighted by Gasteiger charge is 2.12. The van der Waals surface area contributed by atoms with Crippen molar-refractivity contribution in [2.75, 3.05) is 11.1 Å². The number of nitrogens with one attached hydrogen (secondary N) is 1. The summed E-state index contributed by atoms with van der Waals surface area (Å²) in [4.78, 5) is 11.1. The molecule has 0 aliphatic rings. The van der Waals surface area contributed by atoms with Crippen LogP contribution in [0.2, 0.25) is 0 Å². The Morgan fingerprint density at radius 2 is 1.65 bits per heavy atom. The average molecular weight is 281 g/mol. The first kappa shape index (κ1) is 13.7. The number of halogens is 3. The predicted molar refractivity (Wildman–Crippen MR) is 69.0 cm³/mol. The lowest BCUT2D eigenvalue weighted by atomic mass is 10.1. The first-order chi connectivity index (χ1) is 9.38. The average Bonchev–Trinajstić information content (AvgIpc) is 2.38. The van der Waals surface area contributed by atoms with E-state index in [0.29, 0.717) is 0 Å². The zero-order valence-corrected chi connectivity index (χ0v) is 10.1. The summed E-state index contributed by atoms with van der Waals surface area (Å²) >= 11 is 0. The van der Waals surface area contributed by atoms with Crippen LogP contribution in [0.25, 0.3) is 0 Å². The van der Waals surface area contributed by atoms with Gasteiger partial charge in [0.2, 0.25) is 5.91 Å². The molecule has 0 atom stereocenters. The third-order valence-corrected chi connectivity index (χ3v) is 2.60. The van der Waals surface area contributed by atoms with Crippen LogP contribution >= 0.6 is 0 Å². The SMILES string of the molecule is NC(=O)c1ccc(N)c(Nc2cc(F)c(F)c(F)c2)c1. The van der Waals surface area contributed by atoms with Gasteiger partial charge >= 0.3 is 0 Å². The maximum Gasteiger partial charge on any atom is 0.248 e. The van der Waals surface area contributed by atoms with Crippen LogP contribution < -0.4 is 16.8 Å². The van der Waals surface area contributed by atoms with Crippen LogP contribution in [0.4, 0.5) is 30.2 Å². The molecule has 0 saturated carbocycles. The van der Waals surface area contributed by atoms with Crippen LogP contribution in [0.3, 0.4) is 0 Å². The van der Waals surface area contributed by atoms with Crippen molar-refractivity contribution < 1.29 is 18.0 Å². The number of hydrogen-bond acceptors (Lipinski definition) is 3. The minimum atomic E-state index is -1.56. The Bertz CT molecular complexity index is 666. The zero-order chi connectivity index (χ0) is 14.9. The number of nitrogens with two attached hydrogens (primary N) is 2. The Hall–Kier alpha value is -2.70. The smallest absolute Gasteiger partial charge is 0.248 e. The lowest BCUT2D eigenvalue weighted by Crippen LogP contribution is -2.11. The maximum atomic E-state index is 13.1. The number of benzene rings is 2. The number of nitrogen functional groups attached to an aromatic ring is 1. The summed E-state index contributed by atoms with van der Waals surface area (Å²) in [6, 6.07) is 5.70. The molecule has 1 amide bonds. The van der Waals surface area contributed by atoms with Crippen LogP contribution in [0.1, 0.15) is 10.4 Å². The Labute approximate surface area is 112 Å². The molecule has 0 radical (unpaired) electrons. The van der Waals surface area contributed by atoms with Crippen molar-refractivity contribution in [3.05, 3.63) is 53.3 Å². The van der Waals surface area contributed by atoms with Gasteiger partial charge in [-0.2, -0.15) is 0 Å². The summed E-state index contributed by atoms with van der Waals surface area (Å²) in [6.45, 7) is 0. The number of carbonyl (C=O) groups excluding carboxylic acids is 1. The number of rotatable bonds is 3. The van der Waals surface area contributed by atoms with Gasteiger partial charge in [-0.3, -0.25) is 4.79 Å². The highest BCUT2D eigenvalue weighted by molar-refractivity contribution is 5.95. The Kier molecular flexibility index (Phi) is 3.51. The van der Waals surface area contributed by atoms with Crippen LogP contribution in [0.15, 0.2) is 30.3 Å². The number of carbonyl (C=O) groups is 1. The second-order valence-corrected chi connectivity index (χ2v) is 4.05. The van der Waals surface area contributed by atoms with Crippen molar-refractivity contribution in [3.8, 4) is 0 Å². The minimum Gasteiger partial charge on any atom is -0.397 e. The molecule has 0 bridgehead atoms. The van der Waals surface area contributed by atoms with Gasteiger partial charge in [0.1, 0.15) is 0 Å². The first-order valence-electron chi connectivity index (χ1n) is 5.49. The zero-order valence-electron chi connectivity index (χ0n) is 10.1. The molecule has 0 spiro atoms. The van der Waals surface area contributed by atoms with Gasteiger partial charge < -0.3 is 16.8 Å². The largest absolute Gasteiger partial charge is 0.397 e. The molecule has 0 fully saturated rings. The van der Waals surface area contributed by atoms with Gasteiger partial charge in [0.25, 0.3) is 0 Å². The van der Waals surface area contributed by atoms with Gasteiger partial charge in [0.15, 0.2) is 17.5 Å². The second kappa shape index (κ2) is 5.12. The minimum absolute atomic E-state index is 0.0466. The fourth-order valence-electron chi connectivity index (χ4n) is 1.60. The van der Waals surface area contributed by atoms with Gasteiger partial charge in [-0.05, 0) is 18.2 Å². The topological polar surface area (TPSA) is 81.1 Å². The number of hydrogen-bond donors (Lipinski definition) is 3. The van der Waals surface area contributed by atoms with Crippen molar-refractivity contribution in [2.45, 2.75) is 0 Å². The normalized spacial score (nSPS) is 10.3. The van der Waals surface area contributed by atoms with Crippen molar-refractivity contribution >= 4 is 23.0 Å². The van der Waals surface area contributed by atoms with Crippen molar-refractivity contribution in [1.82, 2.24) is 0 Å². The van der Waals surface area contributed by atoms with E-state index in [2.05, 4.69) is 5.32 Å². The van der Waals surface area contributed by atoms with Crippen molar-refractivity contribution in [3.63, 3.8) is 0 Å². The fourth-order valence-corrected chi connectivity index (χ4v) is 1.60. The molecular weight excluding hydrogens is 271 g/mol. The third kappa shape index (κ3) is 2.66. The lowest BCUT2D eigenvalue weighted by Gasteiger charge is -2.11. The molecule has 0 aliphatic carbocycles. The molecule has 0 unspecified atom stereocenters. The van der Waals surface area contributed by atoms with E-state index in [1.807, 2.05) is 0 Å². The fraction of sp³-hybridized carbons (Fsp3) is 0. The number of anilines is 3. The summed E-state index contributed by atoms with van der Waals surface area (Å²) in [6.07, 6.45) is 0. The molecule has 104 valence electrons.